The van der Waals surface area contributed by atoms with Crippen LogP contribution in [0.25, 0.3) is 39.1 Å². The molecule has 0 atom stereocenters. The number of para-hydroxylation sites is 2. The van der Waals surface area contributed by atoms with Gasteiger partial charge in [-0.05, 0) is 48.5 Å². The first-order valence-corrected chi connectivity index (χ1v) is 12.3. The summed E-state index contributed by atoms with van der Waals surface area (Å²) in [6.07, 6.45) is 1.90. The third-order valence-electron chi connectivity index (χ3n) is 6.40. The minimum Gasteiger partial charge on any atom is -0.348 e. The molecular weight excluding hydrogens is 475 g/mol. The first kappa shape index (κ1) is 23.3. The van der Waals surface area contributed by atoms with Gasteiger partial charge in [-0.1, -0.05) is 66.7 Å². The van der Waals surface area contributed by atoms with Gasteiger partial charge in [0.15, 0.2) is 0 Å². The van der Waals surface area contributed by atoms with Gasteiger partial charge in [-0.3, -0.25) is 4.79 Å². The van der Waals surface area contributed by atoms with E-state index < -0.39 is 0 Å². The Balaban J connectivity index is 1.35. The van der Waals surface area contributed by atoms with E-state index >= 15 is 0 Å². The molecule has 4 aromatic carbocycles. The summed E-state index contributed by atoms with van der Waals surface area (Å²) in [7, 11) is 0. The molecule has 0 aliphatic carbocycles. The molecule has 6 rings (SSSR count). The highest BCUT2D eigenvalue weighted by Crippen LogP contribution is 2.27. The summed E-state index contributed by atoms with van der Waals surface area (Å²) in [5.74, 6) is -0.525. The van der Waals surface area contributed by atoms with Crippen LogP contribution >= 0.6 is 0 Å². The third kappa shape index (κ3) is 4.67. The normalized spacial score (nSPS) is 11.0. The summed E-state index contributed by atoms with van der Waals surface area (Å²) in [6.45, 7) is 0.246. The number of aromatic nitrogens is 3. The molecule has 5 nitrogen and oxygen atoms in total. The summed E-state index contributed by atoms with van der Waals surface area (Å²) >= 11 is 0. The minimum atomic E-state index is -0.315. The molecule has 2 heterocycles. The quantitative estimate of drug-likeness (QED) is 0.274. The summed E-state index contributed by atoms with van der Waals surface area (Å²) < 4.78 is 15.4. The molecule has 0 fully saturated rings. The fourth-order valence-electron chi connectivity index (χ4n) is 4.49. The third-order valence-corrected chi connectivity index (χ3v) is 6.40. The Kier molecular flexibility index (Phi) is 6.20. The first-order chi connectivity index (χ1) is 18.7. The standard InChI is InChI=1S/C32H23FN4O/c33-25-17-15-23(16-18-25)31-24(21-37(36-31)26-11-5-2-6-12-26)20-34-32(38)28-19-30(22-9-3-1-4-10-22)35-29-14-8-7-13-27(28)29/h1-19,21H,20H2,(H,34,38). The zero-order valence-corrected chi connectivity index (χ0v) is 20.4. The van der Waals surface area contributed by atoms with Crippen molar-refractivity contribution in [1.82, 2.24) is 20.1 Å². The second-order valence-corrected chi connectivity index (χ2v) is 8.91. The number of halogens is 1. The lowest BCUT2D eigenvalue weighted by atomic mass is 10.0. The number of carbonyl (C=O) groups is 1. The monoisotopic (exact) mass is 498 g/mol. The number of nitrogens with zero attached hydrogens (tertiary/aromatic N) is 3. The molecule has 0 aliphatic rings. The molecular formula is C32H23FN4O. The number of nitrogens with one attached hydrogen (secondary N) is 1. The van der Waals surface area contributed by atoms with Gasteiger partial charge in [-0.25, -0.2) is 14.1 Å². The molecule has 38 heavy (non-hydrogen) atoms. The number of carbonyl (C=O) groups excluding carboxylic acids is 1. The Labute approximate surface area is 219 Å². The molecule has 0 bridgehead atoms. The van der Waals surface area contributed by atoms with Crippen LogP contribution in [0.2, 0.25) is 0 Å². The lowest BCUT2D eigenvalue weighted by Gasteiger charge is -2.11. The number of amides is 1. The smallest absolute Gasteiger partial charge is 0.252 e. The second kappa shape index (κ2) is 10.1. The van der Waals surface area contributed by atoms with E-state index in [2.05, 4.69) is 5.32 Å². The van der Waals surface area contributed by atoms with Crippen LogP contribution in [0.3, 0.4) is 0 Å². The zero-order valence-electron chi connectivity index (χ0n) is 20.4. The number of hydrogen-bond donors (Lipinski definition) is 1. The van der Waals surface area contributed by atoms with Gasteiger partial charge in [0, 0.05) is 34.8 Å². The Morgan fingerprint density at radius 2 is 1.47 bits per heavy atom. The van der Waals surface area contributed by atoms with Gasteiger partial charge in [0.25, 0.3) is 5.91 Å². The minimum absolute atomic E-state index is 0.210. The van der Waals surface area contributed by atoms with E-state index in [1.54, 1.807) is 16.8 Å². The number of rotatable bonds is 6. The van der Waals surface area contributed by atoms with Crippen LogP contribution in [-0.2, 0) is 6.54 Å². The van der Waals surface area contributed by atoms with E-state index in [1.807, 2.05) is 97.2 Å². The van der Waals surface area contributed by atoms with Gasteiger partial charge in [0.1, 0.15) is 5.82 Å². The molecule has 0 spiro atoms. The highest BCUT2D eigenvalue weighted by atomic mass is 19.1. The SMILES string of the molecule is O=C(NCc1cn(-c2ccccc2)nc1-c1ccc(F)cc1)c1cc(-c2ccccc2)nc2ccccc12. The van der Waals surface area contributed by atoms with E-state index in [4.69, 9.17) is 10.1 Å². The predicted molar refractivity (Wildman–Crippen MR) is 147 cm³/mol. The maximum atomic E-state index is 13.6. The first-order valence-electron chi connectivity index (χ1n) is 12.3. The van der Waals surface area contributed by atoms with Gasteiger partial charge in [0.2, 0.25) is 0 Å². The Bertz CT molecular complexity index is 1730. The molecule has 2 aromatic heterocycles. The zero-order chi connectivity index (χ0) is 25.9. The highest BCUT2D eigenvalue weighted by Gasteiger charge is 2.17. The van der Waals surface area contributed by atoms with Gasteiger partial charge in [-0.2, -0.15) is 5.10 Å². The van der Waals surface area contributed by atoms with Crippen molar-refractivity contribution >= 4 is 16.8 Å². The molecule has 6 aromatic rings. The van der Waals surface area contributed by atoms with E-state index in [0.29, 0.717) is 11.3 Å². The molecule has 0 saturated heterocycles. The van der Waals surface area contributed by atoms with Crippen molar-refractivity contribution in [2.24, 2.45) is 0 Å². The van der Waals surface area contributed by atoms with Crippen LogP contribution in [0.1, 0.15) is 15.9 Å². The van der Waals surface area contributed by atoms with Crippen molar-refractivity contribution in [2.75, 3.05) is 0 Å². The summed E-state index contributed by atoms with van der Waals surface area (Å²) in [5, 5.41) is 8.63. The molecule has 184 valence electrons. The van der Waals surface area contributed by atoms with Crippen LogP contribution in [0.15, 0.2) is 121 Å². The summed E-state index contributed by atoms with van der Waals surface area (Å²) in [5.41, 5.74) is 6.13. The number of pyridine rings is 1. The second-order valence-electron chi connectivity index (χ2n) is 8.91. The van der Waals surface area contributed by atoms with Crippen LogP contribution in [0, 0.1) is 5.82 Å². The van der Waals surface area contributed by atoms with E-state index in [1.165, 1.54) is 12.1 Å². The Morgan fingerprint density at radius 1 is 0.789 bits per heavy atom. The lowest BCUT2D eigenvalue weighted by molar-refractivity contribution is 0.0952. The Morgan fingerprint density at radius 3 is 2.24 bits per heavy atom. The average Bonchev–Trinajstić information content (AvgIpc) is 3.41. The lowest BCUT2D eigenvalue weighted by Crippen LogP contribution is -2.23. The van der Waals surface area contributed by atoms with Gasteiger partial charge < -0.3 is 5.32 Å². The van der Waals surface area contributed by atoms with Crippen molar-refractivity contribution in [3.63, 3.8) is 0 Å². The van der Waals surface area contributed by atoms with Crippen LogP contribution in [0.5, 0.6) is 0 Å². The topological polar surface area (TPSA) is 59.8 Å². The van der Waals surface area contributed by atoms with Crippen molar-refractivity contribution in [2.45, 2.75) is 6.54 Å². The average molecular weight is 499 g/mol. The highest BCUT2D eigenvalue weighted by molar-refractivity contribution is 6.07. The van der Waals surface area contributed by atoms with E-state index in [-0.39, 0.29) is 18.3 Å². The molecule has 6 heteroatoms. The fraction of sp³-hybridized carbons (Fsp3) is 0.0312. The summed E-state index contributed by atoms with van der Waals surface area (Å²) in [4.78, 5) is 18.3. The summed E-state index contributed by atoms with van der Waals surface area (Å²) in [6, 6.07) is 35.2. The van der Waals surface area contributed by atoms with Crippen LogP contribution in [0.4, 0.5) is 4.39 Å². The molecule has 0 radical (unpaired) electrons. The molecule has 0 aliphatic heterocycles. The largest absolute Gasteiger partial charge is 0.348 e. The van der Waals surface area contributed by atoms with Gasteiger partial charge in [0.05, 0.1) is 28.2 Å². The van der Waals surface area contributed by atoms with Crippen LogP contribution in [-0.4, -0.2) is 20.7 Å². The predicted octanol–water partition coefficient (Wildman–Crippen LogP) is 6.82. The van der Waals surface area contributed by atoms with Crippen molar-refractivity contribution in [3.05, 3.63) is 138 Å². The van der Waals surface area contributed by atoms with E-state index in [0.717, 1.165) is 39.0 Å². The van der Waals surface area contributed by atoms with Crippen molar-refractivity contribution in [1.29, 1.82) is 0 Å². The van der Waals surface area contributed by atoms with Crippen molar-refractivity contribution < 1.29 is 9.18 Å². The maximum absolute atomic E-state index is 13.6. The molecule has 1 N–H and O–H groups in total. The number of benzene rings is 4. The van der Waals surface area contributed by atoms with Gasteiger partial charge >= 0.3 is 0 Å². The molecule has 0 saturated carbocycles. The van der Waals surface area contributed by atoms with Crippen LogP contribution < -0.4 is 5.32 Å². The van der Waals surface area contributed by atoms with Crippen molar-refractivity contribution in [3.8, 4) is 28.2 Å². The number of fused-ring (bicyclic) bond motifs is 1. The fourth-order valence-corrected chi connectivity index (χ4v) is 4.49. The molecule has 0 unspecified atom stereocenters. The van der Waals surface area contributed by atoms with Gasteiger partial charge in [-0.15, -0.1) is 0 Å². The molecule has 1 amide bonds. The Hall–Kier alpha value is -5.10. The number of hydrogen-bond acceptors (Lipinski definition) is 3. The maximum Gasteiger partial charge on any atom is 0.252 e. The van der Waals surface area contributed by atoms with E-state index in [9.17, 15) is 9.18 Å².